The maximum atomic E-state index is 5.52. The molecule has 27 heavy (non-hydrogen) atoms. The molecule has 3 N–H and O–H groups in total. The highest BCUT2D eigenvalue weighted by Crippen LogP contribution is 2.28. The molecule has 0 amide bonds. The van der Waals surface area contributed by atoms with E-state index in [9.17, 15) is 0 Å². The van der Waals surface area contributed by atoms with Crippen LogP contribution in [0.1, 0.15) is 11.3 Å². The summed E-state index contributed by atoms with van der Waals surface area (Å²) < 4.78 is 5.52. The van der Waals surface area contributed by atoms with Crippen molar-refractivity contribution in [3.63, 3.8) is 0 Å². The zero-order valence-corrected chi connectivity index (χ0v) is 15.9. The monoisotopic (exact) mass is 379 g/mol. The van der Waals surface area contributed by atoms with Gasteiger partial charge in [-0.2, -0.15) is 0 Å². The number of halogens is 1. The zero-order chi connectivity index (χ0) is 17.8. The number of hydrogen-bond acceptors (Lipinski definition) is 1. The van der Waals surface area contributed by atoms with Crippen molar-refractivity contribution in [2.24, 2.45) is 0 Å². The summed E-state index contributed by atoms with van der Waals surface area (Å²) in [5.41, 5.74) is 5.45. The topological polar surface area (TPSA) is 54.8 Å². The Morgan fingerprint density at radius 1 is 0.926 bits per heavy atom. The number of para-hydroxylation sites is 1. The fourth-order valence-corrected chi connectivity index (χ4v) is 3.13. The van der Waals surface area contributed by atoms with Crippen LogP contribution >= 0.6 is 0 Å². The number of hydrogen-bond donors (Lipinski definition) is 3. The summed E-state index contributed by atoms with van der Waals surface area (Å²) in [4.78, 5) is 10.2. The molecule has 5 heteroatoms. The Balaban J connectivity index is 0.00000210. The predicted octanol–water partition coefficient (Wildman–Crippen LogP) is -0.0822. The van der Waals surface area contributed by atoms with Crippen LogP contribution < -0.4 is 22.1 Å². The number of rotatable bonds is 6. The van der Waals surface area contributed by atoms with Gasteiger partial charge in [0.25, 0.3) is 0 Å². The number of methoxy groups -OCH3 is 1. The highest BCUT2D eigenvalue weighted by Gasteiger charge is 2.12. The minimum atomic E-state index is 0. The van der Waals surface area contributed by atoms with Crippen molar-refractivity contribution in [2.45, 2.75) is 6.42 Å². The first-order valence-corrected chi connectivity index (χ1v) is 8.79. The van der Waals surface area contributed by atoms with E-state index in [0.29, 0.717) is 0 Å². The lowest BCUT2D eigenvalue weighted by molar-refractivity contribution is -0.450. The molecule has 0 aliphatic carbocycles. The molecule has 2 heterocycles. The third-order valence-corrected chi connectivity index (χ3v) is 4.50. The maximum Gasteiger partial charge on any atom is 0.189 e. The lowest BCUT2D eigenvalue weighted by Gasteiger charge is -1.95. The molecular weight excluding hydrogens is 358 g/mol. The Morgan fingerprint density at radius 2 is 1.67 bits per heavy atom. The first kappa shape index (κ1) is 18.8. The van der Waals surface area contributed by atoms with E-state index in [4.69, 9.17) is 4.74 Å². The average molecular weight is 380 g/mol. The van der Waals surface area contributed by atoms with E-state index in [1.165, 1.54) is 10.9 Å². The molecule has 4 aromatic rings. The van der Waals surface area contributed by atoms with Crippen LogP contribution in [-0.4, -0.2) is 29.8 Å². The summed E-state index contributed by atoms with van der Waals surface area (Å²) >= 11 is 0. The molecule has 0 radical (unpaired) electrons. The van der Waals surface area contributed by atoms with Gasteiger partial charge in [0.05, 0.1) is 18.5 Å². The molecule has 0 unspecified atom stereocenters. The standard InChI is InChI=1S/C22H21N3O.ClH/c1-26-22-14-20(19-13-17-9-5-6-10-18(17)24-19)25-21(22)15-23-12-11-16-7-3-2-4-8-16;/h2-10,13-15,24-25H,11-12H2,1H3;1H. The Morgan fingerprint density at radius 3 is 2.44 bits per heavy atom. The highest BCUT2D eigenvalue weighted by molar-refractivity contribution is 5.87. The van der Waals surface area contributed by atoms with Gasteiger partial charge in [-0.3, -0.25) is 0 Å². The van der Waals surface area contributed by atoms with Gasteiger partial charge < -0.3 is 27.1 Å². The summed E-state index contributed by atoms with van der Waals surface area (Å²) in [5.74, 6) is 0.825. The van der Waals surface area contributed by atoms with E-state index in [2.05, 4.69) is 57.4 Å². The van der Waals surface area contributed by atoms with Crippen molar-refractivity contribution >= 4 is 17.1 Å². The zero-order valence-electron chi connectivity index (χ0n) is 15.1. The van der Waals surface area contributed by atoms with Crippen molar-refractivity contribution in [2.75, 3.05) is 13.7 Å². The van der Waals surface area contributed by atoms with Crippen molar-refractivity contribution < 1.29 is 22.1 Å². The average Bonchev–Trinajstić information content (AvgIpc) is 3.29. The summed E-state index contributed by atoms with van der Waals surface area (Å²) in [7, 11) is 1.69. The number of fused-ring (bicyclic) bond motifs is 1. The molecule has 0 bridgehead atoms. The highest BCUT2D eigenvalue weighted by atomic mass is 35.5. The molecule has 0 aliphatic rings. The van der Waals surface area contributed by atoms with Crippen LogP contribution in [-0.2, 0) is 6.42 Å². The van der Waals surface area contributed by atoms with Crippen molar-refractivity contribution in [1.29, 1.82) is 0 Å². The van der Waals surface area contributed by atoms with E-state index in [-0.39, 0.29) is 12.4 Å². The van der Waals surface area contributed by atoms with Crippen LogP contribution in [0.15, 0.2) is 66.7 Å². The van der Waals surface area contributed by atoms with Crippen LogP contribution in [0, 0.1) is 0 Å². The van der Waals surface area contributed by atoms with E-state index in [0.717, 1.165) is 41.3 Å². The molecular formula is C22H22ClN3O. The Labute approximate surface area is 164 Å². The van der Waals surface area contributed by atoms with Crippen LogP contribution in [0.2, 0.25) is 0 Å². The van der Waals surface area contributed by atoms with Crippen molar-refractivity contribution in [1.82, 2.24) is 9.97 Å². The molecule has 0 aliphatic heterocycles. The molecule has 138 valence electrons. The SMILES string of the molecule is COc1cc(-c2cc3ccccc3[nH]2)[nH]c1C=[NH+]CCc1ccccc1.[Cl-]. The fourth-order valence-electron chi connectivity index (χ4n) is 3.13. The molecule has 2 aromatic carbocycles. The van der Waals surface area contributed by atoms with Gasteiger partial charge in [0.15, 0.2) is 12.0 Å². The van der Waals surface area contributed by atoms with Gasteiger partial charge in [0.2, 0.25) is 0 Å². The van der Waals surface area contributed by atoms with Gasteiger partial charge in [-0.1, -0.05) is 48.5 Å². The second-order valence-corrected chi connectivity index (χ2v) is 6.27. The Hall–Kier alpha value is -2.98. The van der Waals surface area contributed by atoms with Crippen LogP contribution in [0.3, 0.4) is 0 Å². The van der Waals surface area contributed by atoms with Gasteiger partial charge in [-0.15, -0.1) is 0 Å². The van der Waals surface area contributed by atoms with E-state index >= 15 is 0 Å². The van der Waals surface area contributed by atoms with Gasteiger partial charge >= 0.3 is 0 Å². The van der Waals surface area contributed by atoms with Crippen molar-refractivity contribution in [3.05, 3.63) is 78.0 Å². The molecule has 2 aromatic heterocycles. The third kappa shape index (κ3) is 4.23. The Kier molecular flexibility index (Phi) is 5.99. The van der Waals surface area contributed by atoms with E-state index < -0.39 is 0 Å². The minimum Gasteiger partial charge on any atom is -1.00 e. The molecule has 0 saturated carbocycles. The number of ether oxygens (including phenoxy) is 1. The van der Waals surface area contributed by atoms with E-state index in [1.807, 2.05) is 30.5 Å². The van der Waals surface area contributed by atoms with Crippen molar-refractivity contribution in [3.8, 4) is 17.1 Å². The van der Waals surface area contributed by atoms with E-state index in [1.54, 1.807) is 7.11 Å². The molecule has 0 atom stereocenters. The lowest BCUT2D eigenvalue weighted by Crippen LogP contribution is -3.00. The second kappa shape index (κ2) is 8.60. The second-order valence-electron chi connectivity index (χ2n) is 6.27. The van der Waals surface area contributed by atoms with Crippen LogP contribution in [0.5, 0.6) is 5.75 Å². The fraction of sp³-hybridized carbons (Fsp3) is 0.136. The predicted molar refractivity (Wildman–Crippen MR) is 106 cm³/mol. The number of aromatic nitrogens is 2. The lowest BCUT2D eigenvalue weighted by atomic mass is 10.2. The summed E-state index contributed by atoms with van der Waals surface area (Å²) in [6, 6.07) is 22.9. The molecule has 4 nitrogen and oxygen atoms in total. The third-order valence-electron chi connectivity index (χ3n) is 4.50. The number of benzene rings is 2. The molecule has 0 saturated heterocycles. The number of H-pyrrole nitrogens is 2. The molecule has 0 spiro atoms. The molecule has 4 rings (SSSR count). The van der Waals surface area contributed by atoms with Crippen LogP contribution in [0.4, 0.5) is 0 Å². The number of aromatic amines is 2. The summed E-state index contributed by atoms with van der Waals surface area (Å²) in [6.45, 7) is 0.869. The first-order valence-electron chi connectivity index (χ1n) is 8.79. The van der Waals surface area contributed by atoms with Gasteiger partial charge in [0.1, 0.15) is 12.2 Å². The van der Waals surface area contributed by atoms with Gasteiger partial charge in [-0.25, -0.2) is 4.99 Å². The normalized spacial score (nSPS) is 11.0. The van der Waals surface area contributed by atoms with Gasteiger partial charge in [-0.05, 0) is 17.7 Å². The van der Waals surface area contributed by atoms with Gasteiger partial charge in [0, 0.05) is 23.4 Å². The van der Waals surface area contributed by atoms with Crippen LogP contribution in [0.25, 0.3) is 22.3 Å². The summed E-state index contributed by atoms with van der Waals surface area (Å²) in [6.07, 6.45) is 2.96. The summed E-state index contributed by atoms with van der Waals surface area (Å²) in [5, 5.41) is 1.20. The largest absolute Gasteiger partial charge is 1.00 e. The molecule has 0 fully saturated rings. The smallest absolute Gasteiger partial charge is 0.189 e. The quantitative estimate of drug-likeness (QED) is 0.403. The first-order chi connectivity index (χ1) is 12.8. The minimum absolute atomic E-state index is 0. The maximum absolute atomic E-state index is 5.52. The Bertz CT molecular complexity index is 1000. The number of nitrogens with one attached hydrogen (secondary N) is 3.